The van der Waals surface area contributed by atoms with Crippen LogP contribution >= 0.6 is 0 Å². The van der Waals surface area contributed by atoms with Gasteiger partial charge in [0, 0.05) is 6.54 Å². The molecule has 0 saturated carbocycles. The minimum atomic E-state index is 0.632. The lowest BCUT2D eigenvalue weighted by Gasteiger charge is -2.07. The maximum Gasteiger partial charge on any atom is 0.0205 e. The van der Waals surface area contributed by atoms with Gasteiger partial charge in [-0.05, 0) is 30.0 Å². The van der Waals surface area contributed by atoms with Gasteiger partial charge in [-0.25, -0.2) is 0 Å². The second kappa shape index (κ2) is 5.82. The molecule has 0 unspecified atom stereocenters. The van der Waals surface area contributed by atoms with Crippen LogP contribution in [0.25, 0.3) is 0 Å². The number of nitrogens with one attached hydrogen (secondary N) is 1. The van der Waals surface area contributed by atoms with Crippen LogP contribution in [0.1, 0.15) is 44.2 Å². The van der Waals surface area contributed by atoms with Gasteiger partial charge >= 0.3 is 0 Å². The van der Waals surface area contributed by atoms with Crippen LogP contribution in [0.3, 0.4) is 0 Å². The van der Waals surface area contributed by atoms with E-state index < -0.39 is 0 Å². The van der Waals surface area contributed by atoms with Crippen LogP contribution in [0.2, 0.25) is 0 Å². The van der Waals surface area contributed by atoms with Gasteiger partial charge in [0.05, 0.1) is 0 Å². The summed E-state index contributed by atoms with van der Waals surface area (Å²) in [5.74, 6) is 0.632. The Morgan fingerprint density at radius 2 is 1.79 bits per heavy atom. The van der Waals surface area contributed by atoms with Crippen molar-refractivity contribution in [2.75, 3.05) is 6.54 Å². The van der Waals surface area contributed by atoms with Crippen molar-refractivity contribution < 1.29 is 0 Å². The maximum atomic E-state index is 3.40. The largest absolute Gasteiger partial charge is 0.313 e. The molecular weight excluding hydrogens is 170 g/mol. The highest BCUT2D eigenvalue weighted by Gasteiger charge is 1.98. The molecule has 14 heavy (non-hydrogen) atoms. The minimum Gasteiger partial charge on any atom is -0.313 e. The van der Waals surface area contributed by atoms with E-state index in [1.54, 1.807) is 0 Å². The standard InChI is InChI=1S/C13H21N/c1-4-9-14-10-12-5-7-13(8-6-12)11(2)3/h5-8,11,14H,4,9-10H2,1-3H3. The monoisotopic (exact) mass is 191 g/mol. The molecule has 1 aromatic carbocycles. The Morgan fingerprint density at radius 1 is 1.14 bits per heavy atom. The van der Waals surface area contributed by atoms with E-state index in [0.717, 1.165) is 13.1 Å². The van der Waals surface area contributed by atoms with Gasteiger partial charge < -0.3 is 5.32 Å². The van der Waals surface area contributed by atoms with E-state index in [-0.39, 0.29) is 0 Å². The second-order valence-electron chi connectivity index (χ2n) is 4.07. The highest BCUT2D eigenvalue weighted by Crippen LogP contribution is 2.14. The first-order valence-electron chi connectivity index (χ1n) is 5.53. The number of rotatable bonds is 5. The van der Waals surface area contributed by atoms with Crippen molar-refractivity contribution in [1.29, 1.82) is 0 Å². The Hall–Kier alpha value is -0.820. The predicted molar refractivity (Wildman–Crippen MR) is 62.5 cm³/mol. The van der Waals surface area contributed by atoms with Crippen molar-refractivity contribution in [2.45, 2.75) is 39.7 Å². The fraction of sp³-hybridized carbons (Fsp3) is 0.538. The van der Waals surface area contributed by atoms with Crippen LogP contribution in [-0.4, -0.2) is 6.54 Å². The van der Waals surface area contributed by atoms with Gasteiger partial charge in [-0.2, -0.15) is 0 Å². The third-order valence-electron chi connectivity index (χ3n) is 2.40. The second-order valence-corrected chi connectivity index (χ2v) is 4.07. The van der Waals surface area contributed by atoms with E-state index in [2.05, 4.69) is 50.4 Å². The Morgan fingerprint density at radius 3 is 2.29 bits per heavy atom. The summed E-state index contributed by atoms with van der Waals surface area (Å²) < 4.78 is 0. The SMILES string of the molecule is CCCNCc1ccc(C(C)C)cc1. The first-order valence-corrected chi connectivity index (χ1v) is 5.53. The minimum absolute atomic E-state index is 0.632. The van der Waals surface area contributed by atoms with Gasteiger partial charge in [-0.15, -0.1) is 0 Å². The quantitative estimate of drug-likeness (QED) is 0.704. The third kappa shape index (κ3) is 3.51. The van der Waals surface area contributed by atoms with Crippen LogP contribution < -0.4 is 5.32 Å². The Labute approximate surface area is 87.5 Å². The highest BCUT2D eigenvalue weighted by atomic mass is 14.8. The maximum absolute atomic E-state index is 3.40. The van der Waals surface area contributed by atoms with Crippen molar-refractivity contribution >= 4 is 0 Å². The van der Waals surface area contributed by atoms with Crippen LogP contribution in [0.4, 0.5) is 0 Å². The molecule has 0 fully saturated rings. The molecule has 0 aliphatic heterocycles. The van der Waals surface area contributed by atoms with E-state index in [4.69, 9.17) is 0 Å². The van der Waals surface area contributed by atoms with Crippen molar-refractivity contribution in [1.82, 2.24) is 5.32 Å². The van der Waals surface area contributed by atoms with Crippen LogP contribution in [0.5, 0.6) is 0 Å². The lowest BCUT2D eigenvalue weighted by molar-refractivity contribution is 0.675. The number of benzene rings is 1. The van der Waals surface area contributed by atoms with E-state index in [1.807, 2.05) is 0 Å². The summed E-state index contributed by atoms with van der Waals surface area (Å²) in [6.45, 7) is 8.74. The molecule has 0 aliphatic carbocycles. The summed E-state index contributed by atoms with van der Waals surface area (Å²) in [6.07, 6.45) is 1.20. The summed E-state index contributed by atoms with van der Waals surface area (Å²) >= 11 is 0. The summed E-state index contributed by atoms with van der Waals surface area (Å²) in [5.41, 5.74) is 2.80. The van der Waals surface area contributed by atoms with Gasteiger partial charge in [0.1, 0.15) is 0 Å². The average molecular weight is 191 g/mol. The molecule has 0 radical (unpaired) electrons. The van der Waals surface area contributed by atoms with E-state index in [9.17, 15) is 0 Å². The highest BCUT2D eigenvalue weighted by molar-refractivity contribution is 5.24. The van der Waals surface area contributed by atoms with Crippen molar-refractivity contribution in [3.8, 4) is 0 Å². The molecule has 1 N–H and O–H groups in total. The lowest BCUT2D eigenvalue weighted by atomic mass is 10.0. The zero-order valence-corrected chi connectivity index (χ0v) is 9.51. The molecule has 0 atom stereocenters. The Balaban J connectivity index is 2.47. The molecule has 1 rings (SSSR count). The molecule has 1 aromatic rings. The first kappa shape index (κ1) is 11.3. The van der Waals surface area contributed by atoms with Gasteiger partial charge in [-0.3, -0.25) is 0 Å². The van der Waals surface area contributed by atoms with Crippen LogP contribution in [0.15, 0.2) is 24.3 Å². The summed E-state index contributed by atoms with van der Waals surface area (Å²) in [6, 6.07) is 8.90. The first-order chi connectivity index (χ1) is 6.74. The normalized spacial score (nSPS) is 10.9. The van der Waals surface area contributed by atoms with Crippen molar-refractivity contribution in [3.63, 3.8) is 0 Å². The van der Waals surface area contributed by atoms with Crippen LogP contribution in [-0.2, 0) is 6.54 Å². The third-order valence-corrected chi connectivity index (χ3v) is 2.40. The summed E-state index contributed by atoms with van der Waals surface area (Å²) in [4.78, 5) is 0. The Kier molecular flexibility index (Phi) is 4.68. The molecule has 0 saturated heterocycles. The number of hydrogen-bond acceptors (Lipinski definition) is 1. The molecule has 0 heterocycles. The van der Waals surface area contributed by atoms with Gasteiger partial charge in [0.25, 0.3) is 0 Å². The molecule has 1 heteroatoms. The van der Waals surface area contributed by atoms with Crippen molar-refractivity contribution in [2.24, 2.45) is 0 Å². The topological polar surface area (TPSA) is 12.0 Å². The van der Waals surface area contributed by atoms with Gasteiger partial charge in [0.2, 0.25) is 0 Å². The molecule has 0 amide bonds. The fourth-order valence-electron chi connectivity index (χ4n) is 1.43. The molecule has 0 bridgehead atoms. The van der Waals surface area contributed by atoms with Gasteiger partial charge in [-0.1, -0.05) is 45.0 Å². The number of hydrogen-bond donors (Lipinski definition) is 1. The van der Waals surface area contributed by atoms with Gasteiger partial charge in [0.15, 0.2) is 0 Å². The fourth-order valence-corrected chi connectivity index (χ4v) is 1.43. The molecule has 1 nitrogen and oxygen atoms in total. The molecule has 0 spiro atoms. The zero-order chi connectivity index (χ0) is 10.4. The molecule has 0 aromatic heterocycles. The van der Waals surface area contributed by atoms with E-state index in [0.29, 0.717) is 5.92 Å². The smallest absolute Gasteiger partial charge is 0.0205 e. The molecule has 0 aliphatic rings. The zero-order valence-electron chi connectivity index (χ0n) is 9.51. The summed E-state index contributed by atoms with van der Waals surface area (Å²) in [5, 5.41) is 3.40. The molecule has 78 valence electrons. The lowest BCUT2D eigenvalue weighted by Crippen LogP contribution is -2.13. The van der Waals surface area contributed by atoms with Crippen molar-refractivity contribution in [3.05, 3.63) is 35.4 Å². The average Bonchev–Trinajstić information content (AvgIpc) is 2.19. The van der Waals surface area contributed by atoms with Crippen LogP contribution in [0, 0.1) is 0 Å². The van der Waals surface area contributed by atoms with E-state index >= 15 is 0 Å². The predicted octanol–water partition coefficient (Wildman–Crippen LogP) is 3.31. The summed E-state index contributed by atoms with van der Waals surface area (Å²) in [7, 11) is 0. The Bertz CT molecular complexity index is 248. The molecular formula is C13H21N. The van der Waals surface area contributed by atoms with E-state index in [1.165, 1.54) is 17.5 Å².